The van der Waals surface area contributed by atoms with E-state index in [2.05, 4.69) is 10.4 Å². The highest BCUT2D eigenvalue weighted by Gasteiger charge is 2.46. The molecule has 0 spiro atoms. The summed E-state index contributed by atoms with van der Waals surface area (Å²) in [4.78, 5) is 14.3. The van der Waals surface area contributed by atoms with Gasteiger partial charge in [0.15, 0.2) is 11.7 Å². The third-order valence-electron chi connectivity index (χ3n) is 5.29. The lowest BCUT2D eigenvalue weighted by Crippen LogP contribution is -2.35. The molecule has 31 heavy (non-hydrogen) atoms. The second-order valence-corrected chi connectivity index (χ2v) is 7.98. The first-order valence-electron chi connectivity index (χ1n) is 9.70. The van der Waals surface area contributed by atoms with Crippen molar-refractivity contribution < 1.29 is 18.0 Å². The van der Waals surface area contributed by atoms with Crippen molar-refractivity contribution in [2.24, 2.45) is 0 Å². The predicted octanol–water partition coefficient (Wildman–Crippen LogP) is 5.47. The van der Waals surface area contributed by atoms with Crippen molar-refractivity contribution in [1.29, 1.82) is 0 Å². The highest BCUT2D eigenvalue weighted by Crippen LogP contribution is 2.43. The maximum atomic E-state index is 13.8. The Morgan fingerprint density at radius 1 is 1.19 bits per heavy atom. The highest BCUT2D eigenvalue weighted by molar-refractivity contribution is 6.30. The predicted molar refractivity (Wildman–Crippen MR) is 112 cm³/mol. The summed E-state index contributed by atoms with van der Waals surface area (Å²) in [5.74, 6) is -0.290. The summed E-state index contributed by atoms with van der Waals surface area (Å²) >= 11 is 5.90. The van der Waals surface area contributed by atoms with Gasteiger partial charge in [-0.3, -0.25) is 4.79 Å². The molecule has 3 aromatic rings. The first kappa shape index (κ1) is 21.2. The molecule has 2 aromatic carbocycles. The Labute approximate surface area is 182 Å². The number of anilines is 1. The Morgan fingerprint density at radius 3 is 2.52 bits per heavy atom. The number of benzene rings is 2. The number of amides is 1. The smallest absolute Gasteiger partial charge is 0.363 e. The van der Waals surface area contributed by atoms with Gasteiger partial charge in [0.1, 0.15) is 5.82 Å². The molecule has 1 aromatic heterocycles. The van der Waals surface area contributed by atoms with E-state index in [4.69, 9.17) is 11.6 Å². The fraction of sp³-hybridized carbons (Fsp3) is 0.273. The molecule has 5 nitrogen and oxygen atoms in total. The molecule has 0 saturated carbocycles. The van der Waals surface area contributed by atoms with Crippen molar-refractivity contribution in [2.45, 2.75) is 31.2 Å². The zero-order chi connectivity index (χ0) is 22.2. The van der Waals surface area contributed by atoms with E-state index in [-0.39, 0.29) is 17.9 Å². The van der Waals surface area contributed by atoms with Crippen molar-refractivity contribution in [3.05, 3.63) is 82.5 Å². The molecule has 0 aliphatic carbocycles. The molecule has 1 amide bonds. The van der Waals surface area contributed by atoms with Crippen LogP contribution in [0, 0.1) is 0 Å². The van der Waals surface area contributed by atoms with Crippen molar-refractivity contribution in [1.82, 2.24) is 14.7 Å². The number of nitrogens with one attached hydrogen (secondary N) is 1. The van der Waals surface area contributed by atoms with E-state index in [0.717, 1.165) is 10.2 Å². The van der Waals surface area contributed by atoms with Crippen LogP contribution in [0.4, 0.5) is 19.0 Å². The summed E-state index contributed by atoms with van der Waals surface area (Å²) in [5, 5.41) is 7.62. The van der Waals surface area contributed by atoms with E-state index in [0.29, 0.717) is 17.1 Å². The summed E-state index contributed by atoms with van der Waals surface area (Å²) < 4.78 is 42.3. The summed E-state index contributed by atoms with van der Waals surface area (Å²) in [6, 6.07) is 15.0. The molecule has 0 radical (unpaired) electrons. The number of hydrogen-bond acceptors (Lipinski definition) is 3. The third kappa shape index (κ3) is 4.54. The van der Waals surface area contributed by atoms with Gasteiger partial charge in [0, 0.05) is 31.1 Å². The lowest BCUT2D eigenvalue weighted by molar-refractivity contribution is -0.173. The molecule has 9 heteroatoms. The fourth-order valence-electron chi connectivity index (χ4n) is 3.72. The zero-order valence-electron chi connectivity index (χ0n) is 16.6. The van der Waals surface area contributed by atoms with E-state index in [9.17, 15) is 18.0 Å². The minimum absolute atomic E-state index is 0.0352. The number of hydrogen-bond donors (Lipinski definition) is 1. The minimum atomic E-state index is -4.51. The van der Waals surface area contributed by atoms with Crippen molar-refractivity contribution >= 4 is 23.3 Å². The van der Waals surface area contributed by atoms with Gasteiger partial charge in [0.05, 0.1) is 6.04 Å². The molecule has 0 bridgehead atoms. The van der Waals surface area contributed by atoms with Crippen molar-refractivity contribution in [2.75, 3.05) is 12.4 Å². The van der Waals surface area contributed by atoms with Crippen LogP contribution in [0.15, 0.2) is 60.7 Å². The number of aromatic nitrogens is 2. The number of alkyl halides is 3. The summed E-state index contributed by atoms with van der Waals surface area (Å²) in [6.45, 7) is 0.325. The van der Waals surface area contributed by atoms with Crippen LogP contribution in [-0.2, 0) is 6.54 Å². The summed E-state index contributed by atoms with van der Waals surface area (Å²) in [5.41, 5.74) is 1.56. The number of carbonyl (C=O) groups excluding carboxylic acids is 1. The lowest BCUT2D eigenvalue weighted by Gasteiger charge is -2.33. The van der Waals surface area contributed by atoms with Gasteiger partial charge in [-0.25, -0.2) is 4.68 Å². The normalized spacial score (nSPS) is 18.2. The van der Waals surface area contributed by atoms with Gasteiger partial charge >= 0.3 is 6.18 Å². The number of fused-ring (bicyclic) bond motifs is 1. The lowest BCUT2D eigenvalue weighted by atomic mass is 9.97. The molecule has 1 aliphatic rings. The van der Waals surface area contributed by atoms with Crippen LogP contribution in [0.1, 0.15) is 40.1 Å². The quantitative estimate of drug-likeness (QED) is 0.576. The molecule has 0 saturated heterocycles. The Hall–Kier alpha value is -3.00. The van der Waals surface area contributed by atoms with Crippen molar-refractivity contribution in [3.8, 4) is 0 Å². The summed E-state index contributed by atoms with van der Waals surface area (Å²) in [7, 11) is 1.60. The largest absolute Gasteiger partial charge is 0.410 e. The fourth-order valence-corrected chi connectivity index (χ4v) is 3.84. The van der Waals surface area contributed by atoms with Crippen LogP contribution in [0.3, 0.4) is 0 Å². The minimum Gasteiger partial charge on any atom is -0.363 e. The van der Waals surface area contributed by atoms with Gasteiger partial charge in [-0.05, 0) is 23.3 Å². The Morgan fingerprint density at radius 2 is 1.87 bits per heavy atom. The topological polar surface area (TPSA) is 50.2 Å². The standard InChI is InChI=1S/C22H20ClF3N4O/c1-29(13-14-5-3-2-4-6-14)21(31)18-12-20-27-17(15-7-9-16(23)10-8-15)11-19(22(24,25)26)30(20)28-18/h2-10,12,17,19,27H,11,13H2,1H3. The van der Waals surface area contributed by atoms with Gasteiger partial charge < -0.3 is 10.2 Å². The Bertz CT molecular complexity index is 1070. The molecule has 2 unspecified atom stereocenters. The number of rotatable bonds is 4. The molecule has 4 rings (SSSR count). The average Bonchev–Trinajstić information content (AvgIpc) is 3.17. The van der Waals surface area contributed by atoms with Gasteiger partial charge in [0.25, 0.3) is 5.91 Å². The van der Waals surface area contributed by atoms with Gasteiger partial charge in [-0.2, -0.15) is 18.3 Å². The SMILES string of the molecule is CN(Cc1ccccc1)C(=O)c1cc2n(n1)C(C(F)(F)F)CC(c1ccc(Cl)cc1)N2. The first-order valence-corrected chi connectivity index (χ1v) is 10.1. The van der Waals surface area contributed by atoms with E-state index in [1.165, 1.54) is 11.0 Å². The van der Waals surface area contributed by atoms with E-state index >= 15 is 0 Å². The van der Waals surface area contributed by atoms with Gasteiger partial charge in [-0.1, -0.05) is 54.1 Å². The van der Waals surface area contributed by atoms with Crippen LogP contribution in [0.25, 0.3) is 0 Å². The Balaban J connectivity index is 1.61. The van der Waals surface area contributed by atoms with Crippen molar-refractivity contribution in [3.63, 3.8) is 0 Å². The van der Waals surface area contributed by atoms with Gasteiger partial charge in [0.2, 0.25) is 0 Å². The molecule has 0 fully saturated rings. The molecule has 1 aliphatic heterocycles. The zero-order valence-corrected chi connectivity index (χ0v) is 17.4. The number of halogens is 4. The maximum absolute atomic E-state index is 13.8. The molecular weight excluding hydrogens is 429 g/mol. The second kappa shape index (κ2) is 8.26. The monoisotopic (exact) mass is 448 g/mol. The van der Waals surface area contributed by atoms with Crippen LogP contribution >= 0.6 is 11.6 Å². The van der Waals surface area contributed by atoms with Crippen LogP contribution in [0.2, 0.25) is 5.02 Å². The van der Waals surface area contributed by atoms with E-state index < -0.39 is 24.2 Å². The summed E-state index contributed by atoms with van der Waals surface area (Å²) in [6.07, 6.45) is -4.75. The van der Waals surface area contributed by atoms with Crippen LogP contribution in [-0.4, -0.2) is 33.8 Å². The van der Waals surface area contributed by atoms with E-state index in [1.807, 2.05) is 30.3 Å². The highest BCUT2D eigenvalue weighted by atomic mass is 35.5. The third-order valence-corrected chi connectivity index (χ3v) is 5.54. The molecule has 1 N–H and O–H groups in total. The number of carbonyl (C=O) groups is 1. The molecule has 2 heterocycles. The molecule has 162 valence electrons. The average molecular weight is 449 g/mol. The van der Waals surface area contributed by atoms with Gasteiger partial charge in [-0.15, -0.1) is 0 Å². The van der Waals surface area contributed by atoms with Crippen LogP contribution < -0.4 is 5.32 Å². The number of nitrogens with zero attached hydrogens (tertiary/aromatic N) is 3. The Kier molecular flexibility index (Phi) is 5.66. The maximum Gasteiger partial charge on any atom is 0.410 e. The van der Waals surface area contributed by atoms with E-state index in [1.54, 1.807) is 31.3 Å². The molecular formula is C22H20ClF3N4O. The van der Waals surface area contributed by atoms with Crippen LogP contribution in [0.5, 0.6) is 0 Å². The molecule has 2 atom stereocenters. The second-order valence-electron chi connectivity index (χ2n) is 7.55. The first-order chi connectivity index (χ1) is 14.7.